The van der Waals surface area contributed by atoms with E-state index in [0.29, 0.717) is 27.8 Å². The molecule has 2 aromatic carbocycles. The molecule has 2 rings (SSSR count). The van der Waals surface area contributed by atoms with Crippen LogP contribution in [0.3, 0.4) is 0 Å². The molecule has 0 spiro atoms. The maximum atomic E-state index is 12.5. The molecular weight excluding hydrogens is 332 g/mol. The Labute approximate surface area is 146 Å². The number of hydrogen-bond donors (Lipinski definition) is 0. The van der Waals surface area contributed by atoms with E-state index < -0.39 is 12.1 Å². The fourth-order valence-electron chi connectivity index (χ4n) is 2.30. The van der Waals surface area contributed by atoms with Crippen LogP contribution in [-0.2, 0) is 4.74 Å². The average Bonchev–Trinajstić information content (AvgIpc) is 2.60. The number of ether oxygens (including phenoxy) is 4. The number of hydrogen-bond acceptors (Lipinski definition) is 5. The van der Waals surface area contributed by atoms with E-state index in [1.807, 2.05) is 18.2 Å². The second kappa shape index (κ2) is 7.93. The highest BCUT2D eigenvalue weighted by Gasteiger charge is 2.20. The first-order chi connectivity index (χ1) is 11.5. The third-order valence-electron chi connectivity index (χ3n) is 3.53. The zero-order valence-electron chi connectivity index (χ0n) is 14.0. The fraction of sp³-hybridized carbons (Fsp3) is 0.278. The first kappa shape index (κ1) is 17.9. The zero-order chi connectivity index (χ0) is 17.7. The molecule has 0 N–H and O–H groups in total. The van der Waals surface area contributed by atoms with Gasteiger partial charge in [-0.25, -0.2) is 4.79 Å². The fourth-order valence-corrected chi connectivity index (χ4v) is 2.59. The van der Waals surface area contributed by atoms with Crippen LogP contribution in [0.15, 0.2) is 36.4 Å². The van der Waals surface area contributed by atoms with Gasteiger partial charge in [-0.15, -0.1) is 0 Å². The maximum Gasteiger partial charge on any atom is 0.339 e. The van der Waals surface area contributed by atoms with Crippen molar-refractivity contribution in [2.75, 3.05) is 21.3 Å². The lowest BCUT2D eigenvalue weighted by molar-refractivity contribution is 0.0337. The molecule has 0 aliphatic heterocycles. The van der Waals surface area contributed by atoms with Gasteiger partial charge in [0.15, 0.2) is 11.5 Å². The summed E-state index contributed by atoms with van der Waals surface area (Å²) in [7, 11) is 4.47. The van der Waals surface area contributed by atoms with Crippen molar-refractivity contribution in [3.05, 3.63) is 52.5 Å². The second-order valence-corrected chi connectivity index (χ2v) is 5.39. The molecule has 24 heavy (non-hydrogen) atoms. The highest BCUT2D eigenvalue weighted by atomic mass is 35.5. The standard InChI is InChI=1S/C18H19ClO5/c1-11(13-7-5-6-8-14(13)19)24-18(20)12-9-15(21-2)17(23-4)16(10-12)22-3/h5-11H,1-4H3/t11-/m0/s1. The molecule has 0 unspecified atom stereocenters. The summed E-state index contributed by atoms with van der Waals surface area (Å²) in [5.74, 6) is 0.667. The Kier molecular flexibility index (Phi) is 5.93. The Bertz CT molecular complexity index is 704. The molecule has 0 aromatic heterocycles. The number of rotatable bonds is 6. The number of benzene rings is 2. The number of esters is 1. The minimum absolute atomic E-state index is 0.295. The Hall–Kier alpha value is -2.40. The van der Waals surface area contributed by atoms with E-state index in [2.05, 4.69) is 0 Å². The maximum absolute atomic E-state index is 12.5. The molecule has 5 nitrogen and oxygen atoms in total. The second-order valence-electron chi connectivity index (χ2n) is 4.98. The van der Waals surface area contributed by atoms with Crippen molar-refractivity contribution in [1.82, 2.24) is 0 Å². The van der Waals surface area contributed by atoms with Crippen LogP contribution < -0.4 is 14.2 Å². The van der Waals surface area contributed by atoms with Crippen molar-refractivity contribution in [3.63, 3.8) is 0 Å². The summed E-state index contributed by atoms with van der Waals surface area (Å²) >= 11 is 6.14. The monoisotopic (exact) mass is 350 g/mol. The summed E-state index contributed by atoms with van der Waals surface area (Å²) < 4.78 is 21.2. The quantitative estimate of drug-likeness (QED) is 0.728. The van der Waals surface area contributed by atoms with E-state index in [-0.39, 0.29) is 0 Å². The number of carbonyl (C=O) groups is 1. The Morgan fingerprint density at radius 3 is 2.08 bits per heavy atom. The van der Waals surface area contributed by atoms with Gasteiger partial charge < -0.3 is 18.9 Å². The minimum Gasteiger partial charge on any atom is -0.493 e. The third-order valence-corrected chi connectivity index (χ3v) is 3.87. The lowest BCUT2D eigenvalue weighted by Gasteiger charge is -2.17. The predicted octanol–water partition coefficient (Wildman–Crippen LogP) is 4.28. The van der Waals surface area contributed by atoms with Crippen molar-refractivity contribution in [3.8, 4) is 17.2 Å². The Morgan fingerprint density at radius 1 is 1.00 bits per heavy atom. The number of halogens is 1. The predicted molar refractivity (Wildman–Crippen MR) is 91.4 cm³/mol. The van der Waals surface area contributed by atoms with Crippen LogP contribution in [0.4, 0.5) is 0 Å². The molecule has 0 saturated carbocycles. The van der Waals surface area contributed by atoms with Gasteiger partial charge in [0.2, 0.25) is 5.75 Å². The van der Waals surface area contributed by atoms with Crippen LogP contribution >= 0.6 is 11.6 Å². The molecule has 0 aliphatic carbocycles. The van der Waals surface area contributed by atoms with Crippen molar-refractivity contribution in [2.45, 2.75) is 13.0 Å². The van der Waals surface area contributed by atoms with Crippen molar-refractivity contribution in [1.29, 1.82) is 0 Å². The number of carbonyl (C=O) groups excluding carboxylic acids is 1. The third kappa shape index (κ3) is 3.74. The van der Waals surface area contributed by atoms with Crippen molar-refractivity contribution < 1.29 is 23.7 Å². The van der Waals surface area contributed by atoms with Gasteiger partial charge in [0.25, 0.3) is 0 Å². The summed E-state index contributed by atoms with van der Waals surface area (Å²) in [6, 6.07) is 10.3. The summed E-state index contributed by atoms with van der Waals surface area (Å²) in [6.07, 6.45) is -0.495. The average molecular weight is 351 g/mol. The van der Waals surface area contributed by atoms with Gasteiger partial charge in [-0.3, -0.25) is 0 Å². The Balaban J connectivity index is 2.28. The van der Waals surface area contributed by atoms with E-state index in [4.69, 9.17) is 30.5 Å². The van der Waals surface area contributed by atoms with Crippen LogP contribution in [0.2, 0.25) is 5.02 Å². The van der Waals surface area contributed by atoms with E-state index in [1.54, 1.807) is 25.1 Å². The van der Waals surface area contributed by atoms with Crippen LogP contribution in [-0.4, -0.2) is 27.3 Å². The molecule has 2 aromatic rings. The molecule has 0 amide bonds. The lowest BCUT2D eigenvalue weighted by atomic mass is 10.1. The smallest absolute Gasteiger partial charge is 0.339 e. The summed E-state index contributed by atoms with van der Waals surface area (Å²) in [5, 5.41) is 0.544. The molecular formula is C18H19ClO5. The van der Waals surface area contributed by atoms with Crippen molar-refractivity contribution in [2.24, 2.45) is 0 Å². The molecule has 0 aliphatic rings. The van der Waals surface area contributed by atoms with Gasteiger partial charge in [0.1, 0.15) is 6.10 Å². The van der Waals surface area contributed by atoms with Crippen LogP contribution in [0.1, 0.15) is 28.9 Å². The van der Waals surface area contributed by atoms with Gasteiger partial charge in [-0.05, 0) is 25.1 Å². The highest BCUT2D eigenvalue weighted by Crippen LogP contribution is 2.38. The van der Waals surface area contributed by atoms with Gasteiger partial charge >= 0.3 is 5.97 Å². The van der Waals surface area contributed by atoms with Gasteiger partial charge in [-0.2, -0.15) is 0 Å². The van der Waals surface area contributed by atoms with Crippen LogP contribution in [0.25, 0.3) is 0 Å². The molecule has 0 saturated heterocycles. The molecule has 128 valence electrons. The zero-order valence-corrected chi connectivity index (χ0v) is 14.7. The van der Waals surface area contributed by atoms with Gasteiger partial charge in [0, 0.05) is 10.6 Å². The van der Waals surface area contributed by atoms with E-state index in [1.165, 1.54) is 21.3 Å². The SMILES string of the molecule is COc1cc(C(=O)O[C@@H](C)c2ccccc2Cl)cc(OC)c1OC. The van der Waals surface area contributed by atoms with Crippen LogP contribution in [0.5, 0.6) is 17.2 Å². The van der Waals surface area contributed by atoms with Crippen LogP contribution in [0, 0.1) is 0 Å². The van der Waals surface area contributed by atoms with Crippen molar-refractivity contribution >= 4 is 17.6 Å². The minimum atomic E-state index is -0.512. The van der Waals surface area contributed by atoms with E-state index >= 15 is 0 Å². The molecule has 0 heterocycles. The molecule has 6 heteroatoms. The molecule has 0 radical (unpaired) electrons. The summed E-state index contributed by atoms with van der Waals surface area (Å²) in [4.78, 5) is 12.5. The first-order valence-electron chi connectivity index (χ1n) is 7.27. The lowest BCUT2D eigenvalue weighted by Crippen LogP contribution is -2.10. The number of methoxy groups -OCH3 is 3. The van der Waals surface area contributed by atoms with E-state index in [9.17, 15) is 4.79 Å². The largest absolute Gasteiger partial charge is 0.493 e. The summed E-state index contributed by atoms with van der Waals surface area (Å²) in [6.45, 7) is 1.76. The molecule has 1 atom stereocenters. The Morgan fingerprint density at radius 2 is 1.58 bits per heavy atom. The van der Waals surface area contributed by atoms with Gasteiger partial charge in [0.05, 0.1) is 26.9 Å². The molecule has 0 bridgehead atoms. The first-order valence-corrected chi connectivity index (χ1v) is 7.65. The topological polar surface area (TPSA) is 54.0 Å². The molecule has 0 fully saturated rings. The van der Waals surface area contributed by atoms with E-state index in [0.717, 1.165) is 5.56 Å². The van der Waals surface area contributed by atoms with Gasteiger partial charge in [-0.1, -0.05) is 29.8 Å². The normalized spacial score (nSPS) is 11.5. The highest BCUT2D eigenvalue weighted by molar-refractivity contribution is 6.31. The summed E-state index contributed by atoms with van der Waals surface area (Å²) in [5.41, 5.74) is 1.03.